The molecule has 6 nitrogen and oxygen atoms in total. The number of nitrogens with zero attached hydrogens (tertiary/aromatic N) is 3. The number of carbonyl (C=O) groups is 1. The lowest BCUT2D eigenvalue weighted by atomic mass is 10.1. The van der Waals surface area contributed by atoms with E-state index >= 15 is 0 Å². The van der Waals surface area contributed by atoms with Crippen LogP contribution in [0.4, 0.5) is 18.9 Å². The Bertz CT molecular complexity index is 1190. The number of benzene rings is 3. The molecule has 3 aromatic carbocycles. The molecule has 30 heavy (non-hydrogen) atoms. The maximum Gasteiger partial charge on any atom is 0.573 e. The van der Waals surface area contributed by atoms with Gasteiger partial charge >= 0.3 is 6.36 Å². The van der Waals surface area contributed by atoms with Crippen molar-refractivity contribution < 1.29 is 22.7 Å². The number of fused-ring (bicyclic) bond motifs is 1. The highest BCUT2D eigenvalue weighted by atomic mass is 19.4. The SMILES string of the molecule is O=C(Nc1cccc(OC(F)(F)F)c1)c1ccc(Cn2nnc3ccccc32)cc1. The number of alkyl halides is 3. The molecular weight excluding hydrogens is 397 g/mol. The van der Waals surface area contributed by atoms with Crippen LogP contribution in [0.15, 0.2) is 72.8 Å². The minimum atomic E-state index is -4.80. The van der Waals surface area contributed by atoms with E-state index < -0.39 is 18.0 Å². The van der Waals surface area contributed by atoms with Gasteiger partial charge in [0, 0.05) is 17.3 Å². The number of hydrogen-bond donors (Lipinski definition) is 1. The van der Waals surface area contributed by atoms with Gasteiger partial charge in [0.05, 0.1) is 12.1 Å². The van der Waals surface area contributed by atoms with Gasteiger partial charge in [-0.2, -0.15) is 0 Å². The quantitative estimate of drug-likeness (QED) is 0.519. The second-order valence-electron chi connectivity index (χ2n) is 6.46. The molecule has 0 spiro atoms. The number of halogens is 3. The fraction of sp³-hybridized carbons (Fsp3) is 0.0952. The number of para-hydroxylation sites is 1. The molecule has 1 heterocycles. The lowest BCUT2D eigenvalue weighted by molar-refractivity contribution is -0.274. The van der Waals surface area contributed by atoms with E-state index in [9.17, 15) is 18.0 Å². The van der Waals surface area contributed by atoms with E-state index in [1.54, 1.807) is 28.9 Å². The summed E-state index contributed by atoms with van der Waals surface area (Å²) in [6.07, 6.45) is -4.80. The van der Waals surface area contributed by atoms with Crippen molar-refractivity contribution in [2.24, 2.45) is 0 Å². The van der Waals surface area contributed by atoms with Crippen LogP contribution in [0.5, 0.6) is 5.75 Å². The molecule has 0 atom stereocenters. The molecule has 0 saturated heterocycles. The zero-order valence-corrected chi connectivity index (χ0v) is 15.4. The van der Waals surface area contributed by atoms with E-state index in [1.807, 2.05) is 24.3 Å². The summed E-state index contributed by atoms with van der Waals surface area (Å²) in [5.74, 6) is -0.854. The molecule has 1 aromatic heterocycles. The average molecular weight is 412 g/mol. The van der Waals surface area contributed by atoms with Crippen LogP contribution in [0, 0.1) is 0 Å². The first kappa shape index (κ1) is 19.4. The molecule has 0 bridgehead atoms. The van der Waals surface area contributed by atoms with Gasteiger partial charge in [0.1, 0.15) is 11.3 Å². The predicted molar refractivity (Wildman–Crippen MR) is 104 cm³/mol. The zero-order valence-electron chi connectivity index (χ0n) is 15.4. The molecule has 0 radical (unpaired) electrons. The second-order valence-corrected chi connectivity index (χ2v) is 6.46. The summed E-state index contributed by atoms with van der Waals surface area (Å²) in [6, 6.07) is 19.6. The third-order valence-electron chi connectivity index (χ3n) is 4.29. The Hall–Kier alpha value is -3.88. The van der Waals surface area contributed by atoms with Crippen LogP contribution in [0.1, 0.15) is 15.9 Å². The lowest BCUT2D eigenvalue weighted by Gasteiger charge is -2.11. The van der Waals surface area contributed by atoms with Crippen LogP contribution in [-0.2, 0) is 6.54 Å². The Morgan fingerprint density at radius 1 is 1.00 bits per heavy atom. The number of nitrogens with one attached hydrogen (secondary N) is 1. The third kappa shape index (κ3) is 4.57. The molecule has 0 unspecified atom stereocenters. The van der Waals surface area contributed by atoms with E-state index in [2.05, 4.69) is 20.4 Å². The summed E-state index contributed by atoms with van der Waals surface area (Å²) in [7, 11) is 0. The summed E-state index contributed by atoms with van der Waals surface area (Å²) in [5.41, 5.74) is 3.18. The molecule has 0 fully saturated rings. The minimum Gasteiger partial charge on any atom is -0.406 e. The molecule has 0 aliphatic heterocycles. The van der Waals surface area contributed by atoms with Gasteiger partial charge in [0.25, 0.3) is 5.91 Å². The maximum absolute atomic E-state index is 12.4. The highest BCUT2D eigenvalue weighted by molar-refractivity contribution is 6.04. The molecule has 152 valence electrons. The summed E-state index contributed by atoms with van der Waals surface area (Å²) in [5, 5.41) is 10.8. The number of aromatic nitrogens is 3. The van der Waals surface area contributed by atoms with E-state index in [1.165, 1.54) is 12.1 Å². The topological polar surface area (TPSA) is 69.0 Å². The van der Waals surface area contributed by atoms with Crippen LogP contribution in [0.3, 0.4) is 0 Å². The molecule has 0 saturated carbocycles. The first-order valence-electron chi connectivity index (χ1n) is 8.92. The fourth-order valence-corrected chi connectivity index (χ4v) is 2.94. The van der Waals surface area contributed by atoms with Gasteiger partial charge in [-0.3, -0.25) is 4.79 Å². The maximum atomic E-state index is 12.4. The number of hydrogen-bond acceptors (Lipinski definition) is 4. The standard InChI is InChI=1S/C21H15F3N4O2/c22-21(23,24)30-17-5-3-4-16(12-17)25-20(29)15-10-8-14(9-11-15)13-28-19-7-2-1-6-18(19)26-27-28/h1-12H,13H2,(H,25,29). The van der Waals surface area contributed by atoms with Crippen LogP contribution >= 0.6 is 0 Å². The second kappa shape index (κ2) is 7.86. The summed E-state index contributed by atoms with van der Waals surface area (Å²) in [4.78, 5) is 12.4. The fourth-order valence-electron chi connectivity index (χ4n) is 2.94. The molecule has 1 amide bonds. The monoisotopic (exact) mass is 412 g/mol. The van der Waals surface area contributed by atoms with E-state index in [-0.39, 0.29) is 5.69 Å². The van der Waals surface area contributed by atoms with E-state index in [4.69, 9.17) is 0 Å². The number of ether oxygens (including phenoxy) is 1. The number of anilines is 1. The summed E-state index contributed by atoms with van der Waals surface area (Å²) in [6.45, 7) is 0.485. The molecule has 1 N–H and O–H groups in total. The van der Waals surface area contributed by atoms with E-state index in [0.717, 1.165) is 28.7 Å². The van der Waals surface area contributed by atoms with Crippen molar-refractivity contribution in [1.82, 2.24) is 15.0 Å². The van der Waals surface area contributed by atoms with Crippen molar-refractivity contribution in [3.8, 4) is 5.75 Å². The Kier molecular flexibility index (Phi) is 5.09. The van der Waals surface area contributed by atoms with Crippen molar-refractivity contribution in [1.29, 1.82) is 0 Å². The highest BCUT2D eigenvalue weighted by Gasteiger charge is 2.31. The van der Waals surface area contributed by atoms with Crippen LogP contribution in [0.2, 0.25) is 0 Å². The van der Waals surface area contributed by atoms with Gasteiger partial charge in [-0.25, -0.2) is 4.68 Å². The summed E-state index contributed by atoms with van der Waals surface area (Å²) < 4.78 is 42.6. The van der Waals surface area contributed by atoms with Crippen LogP contribution < -0.4 is 10.1 Å². The van der Waals surface area contributed by atoms with Crippen molar-refractivity contribution >= 4 is 22.6 Å². The van der Waals surface area contributed by atoms with Gasteiger partial charge in [-0.05, 0) is 42.0 Å². The molecule has 4 aromatic rings. The lowest BCUT2D eigenvalue weighted by Crippen LogP contribution is -2.17. The highest BCUT2D eigenvalue weighted by Crippen LogP contribution is 2.25. The molecular formula is C21H15F3N4O2. The van der Waals surface area contributed by atoms with Crippen molar-refractivity contribution in [3.63, 3.8) is 0 Å². The predicted octanol–water partition coefficient (Wildman–Crippen LogP) is 4.63. The van der Waals surface area contributed by atoms with Gasteiger partial charge in [-0.15, -0.1) is 18.3 Å². The number of amides is 1. The molecule has 0 aliphatic carbocycles. The molecule has 0 aliphatic rings. The van der Waals surface area contributed by atoms with Crippen LogP contribution in [-0.4, -0.2) is 27.3 Å². The van der Waals surface area contributed by atoms with Gasteiger partial charge in [0.2, 0.25) is 0 Å². The Balaban J connectivity index is 1.44. The third-order valence-corrected chi connectivity index (χ3v) is 4.29. The smallest absolute Gasteiger partial charge is 0.406 e. The van der Waals surface area contributed by atoms with Crippen molar-refractivity contribution in [2.45, 2.75) is 12.9 Å². The first-order chi connectivity index (χ1) is 14.4. The molecule has 9 heteroatoms. The summed E-state index contributed by atoms with van der Waals surface area (Å²) >= 11 is 0. The van der Waals surface area contributed by atoms with Crippen molar-refractivity contribution in [2.75, 3.05) is 5.32 Å². The Labute approximate surface area is 168 Å². The van der Waals surface area contributed by atoms with Gasteiger partial charge < -0.3 is 10.1 Å². The van der Waals surface area contributed by atoms with Gasteiger partial charge in [-0.1, -0.05) is 35.5 Å². The minimum absolute atomic E-state index is 0.194. The Morgan fingerprint density at radius 3 is 2.53 bits per heavy atom. The Morgan fingerprint density at radius 2 is 1.77 bits per heavy atom. The van der Waals surface area contributed by atoms with E-state index in [0.29, 0.717) is 12.1 Å². The van der Waals surface area contributed by atoms with Crippen LogP contribution in [0.25, 0.3) is 11.0 Å². The largest absolute Gasteiger partial charge is 0.573 e. The average Bonchev–Trinajstić information content (AvgIpc) is 3.10. The number of carbonyl (C=O) groups excluding carboxylic acids is 1. The number of rotatable bonds is 5. The first-order valence-corrected chi connectivity index (χ1v) is 8.92. The zero-order chi connectivity index (χ0) is 21.1. The molecule has 4 rings (SSSR count). The van der Waals surface area contributed by atoms with Gasteiger partial charge in [0.15, 0.2) is 0 Å². The normalized spacial score (nSPS) is 11.4. The van der Waals surface area contributed by atoms with Crippen molar-refractivity contribution in [3.05, 3.63) is 83.9 Å².